The van der Waals surface area contributed by atoms with Crippen molar-refractivity contribution in [3.63, 3.8) is 0 Å². The smallest absolute Gasteiger partial charge is 0.191 e. The van der Waals surface area contributed by atoms with Crippen molar-refractivity contribution >= 4 is 52.9 Å². The second-order valence-corrected chi connectivity index (χ2v) is 6.31. The molecule has 0 fully saturated rings. The average Bonchev–Trinajstić information content (AvgIpc) is 2.89. The van der Waals surface area contributed by atoms with Gasteiger partial charge in [0.05, 0.1) is 13.1 Å². The van der Waals surface area contributed by atoms with Crippen LogP contribution in [0, 0.1) is 6.92 Å². The number of hydrogen-bond donors (Lipinski definition) is 2. The van der Waals surface area contributed by atoms with Crippen molar-refractivity contribution in [2.75, 3.05) is 6.54 Å². The number of guanidine groups is 1. The third kappa shape index (κ3) is 6.50. The maximum absolute atomic E-state index is 5.77. The van der Waals surface area contributed by atoms with Crippen LogP contribution in [0.5, 0.6) is 0 Å². The number of aliphatic imine (C=N–C) groups is 1. The van der Waals surface area contributed by atoms with E-state index in [1.165, 1.54) is 9.75 Å². The summed E-state index contributed by atoms with van der Waals surface area (Å²) in [6.07, 6.45) is 1.75. The summed E-state index contributed by atoms with van der Waals surface area (Å²) in [4.78, 5) is 11.2. The number of aryl methyl sites for hydroxylation is 1. The lowest BCUT2D eigenvalue weighted by atomic mass is 10.3. The van der Waals surface area contributed by atoms with Gasteiger partial charge in [-0.1, -0.05) is 17.7 Å². The number of nitrogens with one attached hydrogen (secondary N) is 2. The highest BCUT2D eigenvalue weighted by Gasteiger charge is 2.00. The molecule has 2 aromatic heterocycles. The molecular weight excluding hydrogens is 431 g/mol. The van der Waals surface area contributed by atoms with Crippen LogP contribution in [-0.2, 0) is 13.1 Å². The van der Waals surface area contributed by atoms with Crippen molar-refractivity contribution in [2.45, 2.75) is 26.9 Å². The third-order valence-electron chi connectivity index (χ3n) is 2.78. The summed E-state index contributed by atoms with van der Waals surface area (Å²) in [6.45, 7) is 6.34. The van der Waals surface area contributed by atoms with Gasteiger partial charge in [0.2, 0.25) is 0 Å². The van der Waals surface area contributed by atoms with E-state index in [2.05, 4.69) is 46.6 Å². The Morgan fingerprint density at radius 1 is 1.27 bits per heavy atom. The Morgan fingerprint density at radius 2 is 2.09 bits per heavy atom. The van der Waals surface area contributed by atoms with Crippen molar-refractivity contribution in [1.82, 2.24) is 15.6 Å². The molecular formula is C15H20ClIN4S. The molecule has 0 aliphatic carbocycles. The number of aromatic nitrogens is 1. The Hall–Kier alpha value is -0.860. The monoisotopic (exact) mass is 450 g/mol. The second-order valence-electron chi connectivity index (χ2n) is 4.55. The van der Waals surface area contributed by atoms with E-state index in [-0.39, 0.29) is 24.0 Å². The molecule has 0 spiro atoms. The predicted octanol–water partition coefficient (Wildman–Crippen LogP) is 3.98. The predicted molar refractivity (Wildman–Crippen MR) is 105 cm³/mol. The molecule has 2 rings (SSSR count). The van der Waals surface area contributed by atoms with Gasteiger partial charge in [-0.3, -0.25) is 0 Å². The molecule has 0 aromatic carbocycles. The van der Waals surface area contributed by atoms with E-state index in [1.807, 2.05) is 6.07 Å². The zero-order chi connectivity index (χ0) is 15.1. The molecule has 0 amide bonds. The quantitative estimate of drug-likeness (QED) is 0.314. The van der Waals surface area contributed by atoms with Crippen LogP contribution in [0.15, 0.2) is 35.5 Å². The molecule has 7 heteroatoms. The molecule has 22 heavy (non-hydrogen) atoms. The van der Waals surface area contributed by atoms with Crippen molar-refractivity contribution < 1.29 is 0 Å². The molecule has 120 valence electrons. The topological polar surface area (TPSA) is 49.3 Å². The molecule has 0 saturated carbocycles. The summed E-state index contributed by atoms with van der Waals surface area (Å²) in [5.74, 6) is 0.804. The molecule has 0 aliphatic heterocycles. The van der Waals surface area contributed by atoms with Gasteiger partial charge in [0, 0.05) is 22.5 Å². The highest BCUT2D eigenvalue weighted by Crippen LogP contribution is 2.14. The Bertz CT molecular complexity index is 598. The van der Waals surface area contributed by atoms with Gasteiger partial charge in [-0.05, 0) is 37.6 Å². The Morgan fingerprint density at radius 3 is 2.68 bits per heavy atom. The molecule has 2 N–H and O–H groups in total. The number of hydrogen-bond acceptors (Lipinski definition) is 3. The fourth-order valence-electron chi connectivity index (χ4n) is 1.76. The zero-order valence-electron chi connectivity index (χ0n) is 12.6. The fourth-order valence-corrected chi connectivity index (χ4v) is 2.70. The molecule has 2 aromatic rings. The zero-order valence-corrected chi connectivity index (χ0v) is 16.5. The molecule has 0 bridgehead atoms. The fraction of sp³-hybridized carbons (Fsp3) is 0.333. The lowest BCUT2D eigenvalue weighted by Gasteiger charge is -2.10. The van der Waals surface area contributed by atoms with Crippen molar-refractivity contribution in [3.8, 4) is 0 Å². The highest BCUT2D eigenvalue weighted by molar-refractivity contribution is 14.0. The van der Waals surface area contributed by atoms with Crippen molar-refractivity contribution in [2.24, 2.45) is 4.99 Å². The van der Waals surface area contributed by atoms with E-state index in [4.69, 9.17) is 11.6 Å². The number of pyridine rings is 1. The molecule has 0 unspecified atom stereocenters. The van der Waals surface area contributed by atoms with Crippen LogP contribution in [0.2, 0.25) is 5.15 Å². The molecule has 0 atom stereocenters. The first-order valence-corrected chi connectivity index (χ1v) is 8.04. The van der Waals surface area contributed by atoms with Crippen LogP contribution in [0.1, 0.15) is 22.2 Å². The summed E-state index contributed by atoms with van der Waals surface area (Å²) in [5, 5.41) is 7.07. The summed E-state index contributed by atoms with van der Waals surface area (Å²) in [7, 11) is 0. The van der Waals surface area contributed by atoms with Gasteiger partial charge in [-0.2, -0.15) is 0 Å². The lowest BCUT2D eigenvalue weighted by Crippen LogP contribution is -2.36. The minimum Gasteiger partial charge on any atom is -0.357 e. The van der Waals surface area contributed by atoms with Gasteiger partial charge in [0.25, 0.3) is 0 Å². The van der Waals surface area contributed by atoms with E-state index in [9.17, 15) is 0 Å². The van der Waals surface area contributed by atoms with Crippen LogP contribution in [-0.4, -0.2) is 17.5 Å². The van der Waals surface area contributed by atoms with Crippen molar-refractivity contribution in [3.05, 3.63) is 50.9 Å². The standard InChI is InChI=1S/C15H19ClN4S.HI/c1-3-17-15(20-10-13-6-4-11(2)21-13)19-9-12-5-7-14(16)18-8-12;/h4-8H,3,9-10H2,1-2H3,(H2,17,19,20);1H. The van der Waals surface area contributed by atoms with E-state index >= 15 is 0 Å². The maximum Gasteiger partial charge on any atom is 0.191 e. The minimum absolute atomic E-state index is 0. The molecule has 0 aliphatic rings. The number of rotatable bonds is 5. The molecule has 0 radical (unpaired) electrons. The normalized spacial score (nSPS) is 11.0. The third-order valence-corrected chi connectivity index (χ3v) is 4.00. The summed E-state index contributed by atoms with van der Waals surface area (Å²) in [5.41, 5.74) is 1.03. The Labute approximate surface area is 157 Å². The molecule has 4 nitrogen and oxygen atoms in total. The van der Waals surface area contributed by atoms with E-state index < -0.39 is 0 Å². The lowest BCUT2D eigenvalue weighted by molar-refractivity contribution is 0.823. The number of nitrogens with zero attached hydrogens (tertiary/aromatic N) is 2. The minimum atomic E-state index is 0. The summed E-state index contributed by atoms with van der Waals surface area (Å²) in [6, 6.07) is 7.98. The molecule has 2 heterocycles. The van der Waals surface area contributed by atoms with Crippen molar-refractivity contribution in [1.29, 1.82) is 0 Å². The Balaban J connectivity index is 0.00000242. The largest absolute Gasteiger partial charge is 0.357 e. The van der Waals surface area contributed by atoms with Crippen LogP contribution in [0.3, 0.4) is 0 Å². The summed E-state index contributed by atoms with van der Waals surface area (Å²) < 4.78 is 0. The average molecular weight is 451 g/mol. The van der Waals surface area contributed by atoms with E-state index in [0.29, 0.717) is 11.7 Å². The van der Waals surface area contributed by atoms with E-state index in [1.54, 1.807) is 23.6 Å². The van der Waals surface area contributed by atoms with Gasteiger partial charge in [0.15, 0.2) is 5.96 Å². The van der Waals surface area contributed by atoms with Gasteiger partial charge >= 0.3 is 0 Å². The number of halogens is 2. The van der Waals surface area contributed by atoms with E-state index in [0.717, 1.165) is 24.6 Å². The van der Waals surface area contributed by atoms with Gasteiger partial charge in [-0.25, -0.2) is 9.98 Å². The SMILES string of the molecule is CCNC(=NCc1ccc(Cl)nc1)NCc1ccc(C)s1.I. The first-order valence-electron chi connectivity index (χ1n) is 6.85. The summed E-state index contributed by atoms with van der Waals surface area (Å²) >= 11 is 7.57. The highest BCUT2D eigenvalue weighted by atomic mass is 127. The first-order chi connectivity index (χ1) is 10.2. The van der Waals surface area contributed by atoms with Crippen LogP contribution in [0.4, 0.5) is 0 Å². The molecule has 0 saturated heterocycles. The van der Waals surface area contributed by atoms with Gasteiger partial charge in [0.1, 0.15) is 5.15 Å². The second kappa shape index (κ2) is 10.0. The van der Waals surface area contributed by atoms with Gasteiger partial charge in [-0.15, -0.1) is 35.3 Å². The first kappa shape index (κ1) is 19.2. The van der Waals surface area contributed by atoms with Crippen LogP contribution in [0.25, 0.3) is 0 Å². The maximum atomic E-state index is 5.77. The van der Waals surface area contributed by atoms with Gasteiger partial charge < -0.3 is 10.6 Å². The Kier molecular flexibility index (Phi) is 8.74. The number of thiophene rings is 1. The van der Waals surface area contributed by atoms with Crippen LogP contribution < -0.4 is 10.6 Å². The van der Waals surface area contributed by atoms with Crippen LogP contribution >= 0.6 is 46.9 Å².